The summed E-state index contributed by atoms with van der Waals surface area (Å²) < 4.78 is 33.0. The maximum absolute atomic E-state index is 14.0. The van der Waals surface area contributed by atoms with E-state index in [0.29, 0.717) is 31.6 Å². The second kappa shape index (κ2) is 9.70. The highest BCUT2D eigenvalue weighted by atomic mass is 19.1. The molecule has 1 unspecified atom stereocenters. The quantitative estimate of drug-likeness (QED) is 0.546. The van der Waals surface area contributed by atoms with E-state index in [4.69, 9.17) is 4.74 Å². The Morgan fingerprint density at radius 3 is 2.59 bits per heavy atom. The van der Waals surface area contributed by atoms with E-state index in [1.807, 2.05) is 45.0 Å². The first-order valence-electron chi connectivity index (χ1n) is 11.7. The molecule has 3 amide bonds. The van der Waals surface area contributed by atoms with Crippen LogP contribution in [0.4, 0.5) is 19.3 Å². The van der Waals surface area contributed by atoms with Crippen molar-refractivity contribution in [2.45, 2.75) is 57.8 Å². The minimum atomic E-state index is -1.15. The lowest BCUT2D eigenvalue weighted by Gasteiger charge is -2.45. The number of nitrogens with zero attached hydrogens (tertiary/aromatic N) is 3. The van der Waals surface area contributed by atoms with Gasteiger partial charge in [0.05, 0.1) is 12.6 Å². The summed E-state index contributed by atoms with van der Waals surface area (Å²) >= 11 is 0. The van der Waals surface area contributed by atoms with Crippen molar-refractivity contribution in [3.05, 3.63) is 59.9 Å². The molecule has 2 aromatic rings. The fourth-order valence-electron chi connectivity index (χ4n) is 5.12. The lowest BCUT2D eigenvalue weighted by atomic mass is 9.81. The van der Waals surface area contributed by atoms with Gasteiger partial charge in [-0.25, -0.2) is 13.6 Å². The Labute approximate surface area is 199 Å². The maximum atomic E-state index is 14.0. The monoisotopic (exact) mass is 471 g/mol. The molecule has 34 heavy (non-hydrogen) atoms. The summed E-state index contributed by atoms with van der Waals surface area (Å²) in [4.78, 5) is 31.3. The first-order chi connectivity index (χ1) is 16.2. The zero-order valence-electron chi connectivity index (χ0n) is 19.8. The summed E-state index contributed by atoms with van der Waals surface area (Å²) in [6, 6.07) is 13.0. The third kappa shape index (κ3) is 4.51. The molecule has 6 nitrogen and oxygen atoms in total. The van der Waals surface area contributed by atoms with Crippen molar-refractivity contribution < 1.29 is 23.1 Å². The summed E-state index contributed by atoms with van der Waals surface area (Å²) in [6.45, 7) is 6.10. The Balaban J connectivity index is 1.59. The van der Waals surface area contributed by atoms with E-state index in [1.54, 1.807) is 6.07 Å². The Bertz CT molecular complexity index is 1060. The molecule has 4 rings (SSSR count). The van der Waals surface area contributed by atoms with Gasteiger partial charge < -0.3 is 4.74 Å². The van der Waals surface area contributed by atoms with Crippen LogP contribution in [0.5, 0.6) is 5.75 Å². The second-order valence-corrected chi connectivity index (χ2v) is 9.36. The van der Waals surface area contributed by atoms with Gasteiger partial charge in [0.15, 0.2) is 0 Å². The summed E-state index contributed by atoms with van der Waals surface area (Å²) in [5, 5.41) is 0. The first-order valence-corrected chi connectivity index (χ1v) is 11.7. The summed E-state index contributed by atoms with van der Waals surface area (Å²) in [7, 11) is 0. The zero-order chi connectivity index (χ0) is 24.5. The van der Waals surface area contributed by atoms with Gasteiger partial charge in [-0.15, -0.1) is 0 Å². The number of carbonyl (C=O) groups excluding carboxylic acids is 2. The van der Waals surface area contributed by atoms with Crippen LogP contribution in [-0.2, 0) is 11.3 Å². The van der Waals surface area contributed by atoms with Crippen LogP contribution in [0.3, 0.4) is 0 Å². The molecule has 2 aromatic carbocycles. The number of carbonyl (C=O) groups is 2. The summed E-state index contributed by atoms with van der Waals surface area (Å²) in [6.07, 6.45) is 0.832. The number of anilines is 1. The smallest absolute Gasteiger partial charge is 0.332 e. The highest BCUT2D eigenvalue weighted by Crippen LogP contribution is 2.42. The summed E-state index contributed by atoms with van der Waals surface area (Å²) in [5.74, 6) is -0.0894. The number of benzene rings is 2. The molecule has 0 aromatic heterocycles. The normalized spacial score (nSPS) is 23.4. The average molecular weight is 472 g/mol. The van der Waals surface area contributed by atoms with Gasteiger partial charge in [0.2, 0.25) is 0 Å². The lowest BCUT2D eigenvalue weighted by Crippen LogP contribution is -2.59. The number of hydrogen-bond acceptors (Lipinski definition) is 4. The molecule has 1 spiro atoms. The second-order valence-electron chi connectivity index (χ2n) is 9.36. The third-order valence-electron chi connectivity index (χ3n) is 6.59. The van der Waals surface area contributed by atoms with Crippen LogP contribution in [0.2, 0.25) is 0 Å². The number of halogens is 2. The molecular weight excluding hydrogens is 440 g/mol. The van der Waals surface area contributed by atoms with Crippen molar-refractivity contribution in [3.63, 3.8) is 0 Å². The van der Waals surface area contributed by atoms with Gasteiger partial charge >= 0.3 is 6.03 Å². The predicted molar refractivity (Wildman–Crippen MR) is 126 cm³/mol. The Hall–Kier alpha value is -3.00. The predicted octanol–water partition coefficient (Wildman–Crippen LogP) is 4.77. The minimum Gasteiger partial charge on any atom is -0.491 e. The molecule has 0 N–H and O–H groups in total. The highest BCUT2D eigenvalue weighted by Gasteiger charge is 2.59. The fourth-order valence-corrected chi connectivity index (χ4v) is 5.12. The molecule has 2 aliphatic rings. The van der Waals surface area contributed by atoms with Gasteiger partial charge in [0, 0.05) is 24.8 Å². The molecule has 2 aliphatic heterocycles. The van der Waals surface area contributed by atoms with Crippen molar-refractivity contribution in [3.8, 4) is 5.75 Å². The molecule has 0 saturated carbocycles. The SMILES string of the molecule is CC(C)Oc1cccc(CN2CCC3(C[C@@H]2C)C(=O)N(CCF)C(=O)N3c2cccc(F)c2)c1. The van der Waals surface area contributed by atoms with Gasteiger partial charge in [-0.1, -0.05) is 18.2 Å². The van der Waals surface area contributed by atoms with E-state index in [9.17, 15) is 18.4 Å². The number of urea groups is 1. The first kappa shape index (κ1) is 24.1. The van der Waals surface area contributed by atoms with Crippen LogP contribution >= 0.6 is 0 Å². The van der Waals surface area contributed by atoms with E-state index in [0.717, 1.165) is 16.2 Å². The van der Waals surface area contributed by atoms with Crippen LogP contribution in [0.25, 0.3) is 0 Å². The largest absolute Gasteiger partial charge is 0.491 e. The van der Waals surface area contributed by atoms with Crippen molar-refractivity contribution in [2.24, 2.45) is 0 Å². The molecule has 2 fully saturated rings. The van der Waals surface area contributed by atoms with Gasteiger partial charge in [-0.2, -0.15) is 0 Å². The van der Waals surface area contributed by atoms with E-state index in [1.165, 1.54) is 23.1 Å². The van der Waals surface area contributed by atoms with Crippen LogP contribution in [0.1, 0.15) is 39.2 Å². The van der Waals surface area contributed by atoms with Gasteiger partial charge in [0.25, 0.3) is 5.91 Å². The van der Waals surface area contributed by atoms with Crippen LogP contribution in [-0.4, -0.2) is 59.2 Å². The summed E-state index contributed by atoms with van der Waals surface area (Å²) in [5.41, 5.74) is 0.258. The van der Waals surface area contributed by atoms with Crippen molar-refractivity contribution in [1.29, 1.82) is 0 Å². The number of alkyl halides is 1. The van der Waals surface area contributed by atoms with E-state index in [-0.39, 0.29) is 18.7 Å². The number of ether oxygens (including phenoxy) is 1. The Morgan fingerprint density at radius 2 is 1.91 bits per heavy atom. The minimum absolute atomic E-state index is 0.0402. The fraction of sp³-hybridized carbons (Fsp3) is 0.462. The van der Waals surface area contributed by atoms with Crippen molar-refractivity contribution in [2.75, 3.05) is 24.7 Å². The lowest BCUT2D eigenvalue weighted by molar-refractivity contribution is -0.133. The van der Waals surface area contributed by atoms with E-state index < -0.39 is 30.0 Å². The van der Waals surface area contributed by atoms with Gasteiger partial charge in [0.1, 0.15) is 23.8 Å². The number of imide groups is 1. The maximum Gasteiger partial charge on any atom is 0.332 e. The molecule has 2 heterocycles. The van der Waals surface area contributed by atoms with E-state index >= 15 is 0 Å². The number of amides is 3. The molecular formula is C26H31F2N3O3. The van der Waals surface area contributed by atoms with Crippen molar-refractivity contribution >= 4 is 17.6 Å². The van der Waals surface area contributed by atoms with E-state index in [2.05, 4.69) is 4.90 Å². The standard InChI is InChI=1S/C26H31F2N3O3/c1-18(2)34-23-9-4-6-20(14-23)17-29-12-10-26(16-19(29)3)24(32)30(13-11-27)25(33)31(26)22-8-5-7-21(28)15-22/h4-9,14-15,18-19H,10-13,16-17H2,1-3H3/t19-,26?/m0/s1. The molecule has 8 heteroatoms. The Morgan fingerprint density at radius 1 is 1.15 bits per heavy atom. The molecule has 0 aliphatic carbocycles. The number of likely N-dealkylation sites (tertiary alicyclic amines) is 1. The van der Waals surface area contributed by atoms with Gasteiger partial charge in [-0.05, 0) is 69.5 Å². The average Bonchev–Trinajstić information content (AvgIpc) is 2.97. The number of piperidine rings is 1. The van der Waals surface area contributed by atoms with Crippen LogP contribution in [0.15, 0.2) is 48.5 Å². The topological polar surface area (TPSA) is 53.1 Å². The van der Waals surface area contributed by atoms with Crippen molar-refractivity contribution in [1.82, 2.24) is 9.80 Å². The van der Waals surface area contributed by atoms with Crippen LogP contribution < -0.4 is 9.64 Å². The molecule has 182 valence electrons. The molecule has 0 bridgehead atoms. The number of rotatable bonds is 7. The third-order valence-corrected chi connectivity index (χ3v) is 6.59. The zero-order valence-corrected chi connectivity index (χ0v) is 19.8. The Kier molecular flexibility index (Phi) is 6.89. The molecule has 0 radical (unpaired) electrons. The van der Waals surface area contributed by atoms with Gasteiger partial charge in [-0.3, -0.25) is 19.5 Å². The molecule has 2 atom stereocenters. The van der Waals surface area contributed by atoms with Crippen LogP contribution in [0, 0.1) is 5.82 Å². The number of hydrogen-bond donors (Lipinski definition) is 0. The highest BCUT2D eigenvalue weighted by molar-refractivity contribution is 6.17. The molecule has 2 saturated heterocycles.